The molecule has 0 unspecified atom stereocenters. The number of rotatable bonds is 6. The summed E-state index contributed by atoms with van der Waals surface area (Å²) in [5.74, 6) is 4.42. The summed E-state index contributed by atoms with van der Waals surface area (Å²) >= 11 is 6.26. The van der Waals surface area contributed by atoms with Crippen molar-refractivity contribution in [2.75, 3.05) is 18.0 Å². The van der Waals surface area contributed by atoms with E-state index in [2.05, 4.69) is 36.9 Å². The molecule has 1 aromatic heterocycles. The lowest BCUT2D eigenvalue weighted by atomic mass is 10.1. The summed E-state index contributed by atoms with van der Waals surface area (Å²) in [4.78, 5) is 6.89. The highest BCUT2D eigenvalue weighted by Crippen LogP contribution is 2.31. The normalized spacial score (nSPS) is 14.8. The van der Waals surface area contributed by atoms with Gasteiger partial charge in [-0.05, 0) is 51.7 Å². The van der Waals surface area contributed by atoms with E-state index in [1.807, 2.05) is 12.1 Å². The summed E-state index contributed by atoms with van der Waals surface area (Å²) in [6.07, 6.45) is 8.09. The number of terminal acetylenes is 1. The minimum absolute atomic E-state index is 0.0352. The van der Waals surface area contributed by atoms with E-state index in [4.69, 9.17) is 23.0 Å². The second kappa shape index (κ2) is 6.68. The van der Waals surface area contributed by atoms with Crippen LogP contribution >= 0.6 is 11.6 Å². The van der Waals surface area contributed by atoms with Gasteiger partial charge in [-0.3, -0.25) is 0 Å². The first-order valence-corrected chi connectivity index (χ1v) is 7.85. The maximum atomic E-state index is 6.26. The second-order valence-corrected chi connectivity index (χ2v) is 7.14. The van der Waals surface area contributed by atoms with Gasteiger partial charge in [0.05, 0.1) is 17.3 Å². The van der Waals surface area contributed by atoms with E-state index in [0.717, 1.165) is 24.0 Å². The molecule has 21 heavy (non-hydrogen) atoms. The largest absolute Gasteiger partial charge is 0.345 e. The average molecular weight is 306 g/mol. The standard InChI is InChI=1S/C17H24ClN3/c1-5-10-21(12-13-6-7-13)16-9-8-14(18)15(20-16)11-19-17(2,3)4/h1,8-9,13,19H,6-7,10-12H2,2-4H3. The van der Waals surface area contributed by atoms with Gasteiger partial charge in [-0.25, -0.2) is 4.98 Å². The van der Waals surface area contributed by atoms with Crippen molar-refractivity contribution in [3.8, 4) is 12.3 Å². The minimum Gasteiger partial charge on any atom is -0.345 e. The molecule has 1 fully saturated rings. The number of hydrogen-bond donors (Lipinski definition) is 1. The van der Waals surface area contributed by atoms with Gasteiger partial charge in [0.15, 0.2) is 0 Å². The summed E-state index contributed by atoms with van der Waals surface area (Å²) in [6.45, 7) is 8.62. The molecule has 0 spiro atoms. The fourth-order valence-corrected chi connectivity index (χ4v) is 2.26. The number of pyridine rings is 1. The van der Waals surface area contributed by atoms with Crippen molar-refractivity contribution in [2.24, 2.45) is 5.92 Å². The van der Waals surface area contributed by atoms with Gasteiger partial charge in [0.1, 0.15) is 5.82 Å². The molecule has 4 heteroatoms. The van der Waals surface area contributed by atoms with Crippen molar-refractivity contribution in [1.29, 1.82) is 0 Å². The van der Waals surface area contributed by atoms with Gasteiger partial charge in [0.25, 0.3) is 0 Å². The zero-order valence-electron chi connectivity index (χ0n) is 13.1. The Kier molecular flexibility index (Phi) is 5.13. The van der Waals surface area contributed by atoms with Crippen LogP contribution in [0.15, 0.2) is 12.1 Å². The Labute approximate surface area is 133 Å². The smallest absolute Gasteiger partial charge is 0.129 e. The minimum atomic E-state index is 0.0352. The molecule has 0 aromatic carbocycles. The van der Waals surface area contributed by atoms with Crippen LogP contribution in [0.5, 0.6) is 0 Å². The van der Waals surface area contributed by atoms with Gasteiger partial charge in [-0.15, -0.1) is 6.42 Å². The quantitative estimate of drug-likeness (QED) is 0.816. The average Bonchev–Trinajstić information content (AvgIpc) is 3.20. The first-order valence-electron chi connectivity index (χ1n) is 7.48. The molecule has 0 amide bonds. The Morgan fingerprint density at radius 3 is 2.71 bits per heavy atom. The molecule has 2 rings (SSSR count). The highest BCUT2D eigenvalue weighted by Gasteiger charge is 2.25. The number of aromatic nitrogens is 1. The van der Waals surface area contributed by atoms with E-state index in [0.29, 0.717) is 18.1 Å². The molecule has 1 saturated carbocycles. The third kappa shape index (κ3) is 5.22. The van der Waals surface area contributed by atoms with E-state index in [-0.39, 0.29) is 5.54 Å². The summed E-state index contributed by atoms with van der Waals surface area (Å²) in [5, 5.41) is 4.12. The third-order valence-electron chi connectivity index (χ3n) is 3.47. The van der Waals surface area contributed by atoms with Crippen molar-refractivity contribution < 1.29 is 0 Å². The van der Waals surface area contributed by atoms with Gasteiger partial charge in [-0.2, -0.15) is 0 Å². The highest BCUT2D eigenvalue weighted by atomic mass is 35.5. The van der Waals surface area contributed by atoms with E-state index in [9.17, 15) is 0 Å². The van der Waals surface area contributed by atoms with E-state index in [1.54, 1.807) is 0 Å². The molecular weight excluding hydrogens is 282 g/mol. The molecule has 3 nitrogen and oxygen atoms in total. The van der Waals surface area contributed by atoms with Crippen LogP contribution in [-0.2, 0) is 6.54 Å². The molecule has 0 bridgehead atoms. The van der Waals surface area contributed by atoms with E-state index < -0.39 is 0 Å². The number of halogens is 1. The monoisotopic (exact) mass is 305 g/mol. The maximum Gasteiger partial charge on any atom is 0.129 e. The highest BCUT2D eigenvalue weighted by molar-refractivity contribution is 6.31. The van der Waals surface area contributed by atoms with Crippen LogP contribution in [0.25, 0.3) is 0 Å². The maximum absolute atomic E-state index is 6.26. The van der Waals surface area contributed by atoms with Crippen LogP contribution in [0.2, 0.25) is 5.02 Å². The Morgan fingerprint density at radius 2 is 2.14 bits per heavy atom. The molecule has 1 aliphatic rings. The van der Waals surface area contributed by atoms with Crippen LogP contribution in [0.1, 0.15) is 39.3 Å². The van der Waals surface area contributed by atoms with Crippen LogP contribution < -0.4 is 10.2 Å². The molecule has 114 valence electrons. The van der Waals surface area contributed by atoms with Crippen LogP contribution in [0.4, 0.5) is 5.82 Å². The number of hydrogen-bond acceptors (Lipinski definition) is 3. The summed E-state index contributed by atoms with van der Waals surface area (Å²) in [6, 6.07) is 3.88. The van der Waals surface area contributed by atoms with Crippen molar-refractivity contribution >= 4 is 17.4 Å². The lowest BCUT2D eigenvalue weighted by Gasteiger charge is -2.24. The molecule has 1 aliphatic carbocycles. The SMILES string of the molecule is C#CCN(CC1CC1)c1ccc(Cl)c(CNC(C)(C)C)n1. The van der Waals surface area contributed by atoms with Crippen LogP contribution in [0.3, 0.4) is 0 Å². The predicted octanol–water partition coefficient (Wildman–Crippen LogP) is 3.47. The van der Waals surface area contributed by atoms with Crippen molar-refractivity contribution in [1.82, 2.24) is 10.3 Å². The summed E-state index contributed by atoms with van der Waals surface area (Å²) in [7, 11) is 0. The topological polar surface area (TPSA) is 28.2 Å². The Bertz CT molecular complexity index is 524. The Morgan fingerprint density at radius 1 is 1.43 bits per heavy atom. The van der Waals surface area contributed by atoms with Crippen molar-refractivity contribution in [3.05, 3.63) is 22.8 Å². The fourth-order valence-electron chi connectivity index (χ4n) is 2.08. The van der Waals surface area contributed by atoms with Crippen LogP contribution in [0, 0.1) is 18.3 Å². The zero-order valence-corrected chi connectivity index (χ0v) is 13.9. The van der Waals surface area contributed by atoms with Gasteiger partial charge in [0, 0.05) is 18.6 Å². The molecule has 1 aromatic rings. The Hall–Kier alpha value is -1.24. The number of nitrogens with one attached hydrogen (secondary N) is 1. The summed E-state index contributed by atoms with van der Waals surface area (Å²) < 4.78 is 0. The number of nitrogens with zero attached hydrogens (tertiary/aromatic N) is 2. The molecule has 0 saturated heterocycles. The van der Waals surface area contributed by atoms with Crippen molar-refractivity contribution in [3.63, 3.8) is 0 Å². The van der Waals surface area contributed by atoms with Gasteiger partial charge >= 0.3 is 0 Å². The van der Waals surface area contributed by atoms with Gasteiger partial charge < -0.3 is 10.2 Å². The van der Waals surface area contributed by atoms with Gasteiger partial charge in [-0.1, -0.05) is 17.5 Å². The molecule has 0 atom stereocenters. The molecule has 1 heterocycles. The first kappa shape index (κ1) is 16.1. The third-order valence-corrected chi connectivity index (χ3v) is 3.82. The lowest BCUT2D eigenvalue weighted by molar-refractivity contribution is 0.421. The molecule has 0 radical (unpaired) electrons. The molecule has 0 aliphatic heterocycles. The molecular formula is C17H24ClN3. The van der Waals surface area contributed by atoms with Gasteiger partial charge in [0.2, 0.25) is 0 Å². The van der Waals surface area contributed by atoms with E-state index in [1.165, 1.54) is 12.8 Å². The Balaban J connectivity index is 2.13. The lowest BCUT2D eigenvalue weighted by Crippen LogP contribution is -2.35. The van der Waals surface area contributed by atoms with Crippen molar-refractivity contribution in [2.45, 2.75) is 45.7 Å². The van der Waals surface area contributed by atoms with Crippen LogP contribution in [-0.4, -0.2) is 23.6 Å². The molecule has 1 N–H and O–H groups in total. The fraction of sp³-hybridized carbons (Fsp3) is 0.588. The first-order chi connectivity index (χ1) is 9.89. The summed E-state index contributed by atoms with van der Waals surface area (Å²) in [5.41, 5.74) is 0.912. The second-order valence-electron chi connectivity index (χ2n) is 6.73. The number of anilines is 1. The van der Waals surface area contributed by atoms with E-state index >= 15 is 0 Å². The predicted molar refractivity (Wildman–Crippen MR) is 89.6 cm³/mol. The zero-order chi connectivity index (χ0) is 15.5.